The van der Waals surface area contributed by atoms with Crippen LogP contribution in [0, 0.1) is 24.6 Å². The predicted octanol–water partition coefficient (Wildman–Crippen LogP) is 6.52. The van der Waals surface area contributed by atoms with Crippen molar-refractivity contribution >= 4 is 23.6 Å². The van der Waals surface area contributed by atoms with E-state index in [-0.39, 0.29) is 24.1 Å². The number of rotatable bonds is 12. The van der Waals surface area contributed by atoms with Crippen molar-refractivity contribution in [2.45, 2.75) is 66.7 Å². The molecule has 0 bridgehead atoms. The van der Waals surface area contributed by atoms with Crippen molar-refractivity contribution in [1.82, 2.24) is 0 Å². The van der Waals surface area contributed by atoms with Gasteiger partial charge in [-0.1, -0.05) is 64.4 Å². The molecule has 180 valence electrons. The van der Waals surface area contributed by atoms with Gasteiger partial charge in [0.05, 0.1) is 17.8 Å². The van der Waals surface area contributed by atoms with Gasteiger partial charge in [-0.15, -0.1) is 0 Å². The summed E-state index contributed by atoms with van der Waals surface area (Å²) in [7, 11) is 0. The van der Waals surface area contributed by atoms with E-state index in [0.29, 0.717) is 42.7 Å². The van der Waals surface area contributed by atoms with Crippen molar-refractivity contribution < 1.29 is 14.0 Å². The average molecular weight is 455 g/mol. The molecule has 0 aliphatic rings. The highest BCUT2D eigenvalue weighted by Gasteiger charge is 2.23. The molecule has 0 radical (unpaired) electrons. The van der Waals surface area contributed by atoms with Crippen LogP contribution >= 0.6 is 0 Å². The van der Waals surface area contributed by atoms with Gasteiger partial charge in [-0.3, -0.25) is 4.79 Å². The molecule has 0 saturated heterocycles. The van der Waals surface area contributed by atoms with Crippen molar-refractivity contribution in [3.8, 4) is 0 Å². The third-order valence-electron chi connectivity index (χ3n) is 5.68. The number of hydrogen-bond donors (Lipinski definition) is 1. The van der Waals surface area contributed by atoms with Crippen LogP contribution in [0.4, 0.5) is 15.8 Å². The molecule has 1 N–H and O–H groups in total. The lowest BCUT2D eigenvalue weighted by Gasteiger charge is -2.31. The van der Waals surface area contributed by atoms with Crippen molar-refractivity contribution in [3.63, 3.8) is 0 Å². The molecule has 1 atom stereocenters. The van der Waals surface area contributed by atoms with Gasteiger partial charge in [0.1, 0.15) is 12.1 Å². The molecule has 0 heterocycles. The van der Waals surface area contributed by atoms with Crippen molar-refractivity contribution in [2.75, 3.05) is 23.3 Å². The average Bonchev–Trinajstić information content (AvgIpc) is 2.72. The fourth-order valence-corrected chi connectivity index (χ4v) is 4.15. The van der Waals surface area contributed by atoms with Gasteiger partial charge in [-0.05, 0) is 54.4 Å². The zero-order valence-corrected chi connectivity index (χ0v) is 21.0. The van der Waals surface area contributed by atoms with Gasteiger partial charge in [-0.25, -0.2) is 4.39 Å². The molecular formula is C28H39FN2O2. The summed E-state index contributed by atoms with van der Waals surface area (Å²) in [5.41, 5.74) is 3.69. The van der Waals surface area contributed by atoms with Crippen LogP contribution in [0.25, 0.3) is 0 Å². The zero-order valence-electron chi connectivity index (χ0n) is 21.0. The third kappa shape index (κ3) is 7.99. The number of aldehydes is 1. The Hall–Kier alpha value is -2.69. The van der Waals surface area contributed by atoms with Gasteiger partial charge in [-0.2, -0.15) is 0 Å². The summed E-state index contributed by atoms with van der Waals surface area (Å²) < 4.78 is 15.6. The lowest BCUT2D eigenvalue weighted by atomic mass is 9.92. The molecule has 0 aliphatic heterocycles. The first-order valence-electron chi connectivity index (χ1n) is 12.0. The van der Waals surface area contributed by atoms with E-state index in [4.69, 9.17) is 0 Å². The van der Waals surface area contributed by atoms with Crippen molar-refractivity contribution in [1.29, 1.82) is 0 Å². The second kappa shape index (κ2) is 12.5. The predicted molar refractivity (Wildman–Crippen MR) is 136 cm³/mol. The van der Waals surface area contributed by atoms with Gasteiger partial charge in [0, 0.05) is 19.5 Å². The minimum absolute atomic E-state index is 0.0811. The molecule has 1 amide bonds. The Morgan fingerprint density at radius 3 is 2.18 bits per heavy atom. The Balaban J connectivity index is 2.48. The maximum absolute atomic E-state index is 15.6. The van der Waals surface area contributed by atoms with Crippen LogP contribution in [0.3, 0.4) is 0 Å². The number of amides is 1. The van der Waals surface area contributed by atoms with Crippen LogP contribution in [0.5, 0.6) is 0 Å². The van der Waals surface area contributed by atoms with Crippen LogP contribution in [0.15, 0.2) is 36.4 Å². The maximum atomic E-state index is 15.6. The third-order valence-corrected chi connectivity index (χ3v) is 5.68. The highest BCUT2D eigenvalue weighted by Crippen LogP contribution is 2.36. The summed E-state index contributed by atoms with van der Waals surface area (Å²) in [4.78, 5) is 26.2. The standard InChI is InChI=1S/C28H39FN2O2/c1-7-23(12-13-32)24-15-25(29)28(31(17-19(2)3)18-20(4)5)26(16-24)30-27(33)14-22-10-8-21(6)9-11-22/h8-11,13,15-16,19-20,23H,7,12,14,17-18H2,1-6H3,(H,30,33). The quantitative estimate of drug-likeness (QED) is 0.372. The number of nitrogens with zero attached hydrogens (tertiary/aromatic N) is 1. The summed E-state index contributed by atoms with van der Waals surface area (Å²) in [6.07, 6.45) is 2.13. The molecule has 33 heavy (non-hydrogen) atoms. The summed E-state index contributed by atoms with van der Waals surface area (Å²) in [6.45, 7) is 13.8. The molecule has 0 fully saturated rings. The Kier molecular flexibility index (Phi) is 10.1. The zero-order chi connectivity index (χ0) is 24.5. The number of carbonyl (C=O) groups excluding carboxylic acids is 2. The number of halogens is 1. The highest BCUT2D eigenvalue weighted by atomic mass is 19.1. The van der Waals surface area contributed by atoms with E-state index in [1.54, 1.807) is 0 Å². The summed E-state index contributed by atoms with van der Waals surface area (Å²) in [6, 6.07) is 11.2. The van der Waals surface area contributed by atoms with Gasteiger partial charge in [0.15, 0.2) is 0 Å². The molecule has 1 unspecified atom stereocenters. The molecule has 0 aromatic heterocycles. The van der Waals surface area contributed by atoms with E-state index in [0.717, 1.165) is 29.4 Å². The Morgan fingerprint density at radius 1 is 1.06 bits per heavy atom. The molecule has 2 aromatic carbocycles. The van der Waals surface area contributed by atoms with E-state index < -0.39 is 0 Å². The number of anilines is 2. The van der Waals surface area contributed by atoms with Crippen LogP contribution in [0.1, 0.15) is 70.1 Å². The minimum Gasteiger partial charge on any atom is -0.367 e. The molecule has 0 aliphatic carbocycles. The second-order valence-corrected chi connectivity index (χ2v) is 9.81. The van der Waals surface area contributed by atoms with Crippen LogP contribution in [0.2, 0.25) is 0 Å². The molecule has 2 rings (SSSR count). The van der Waals surface area contributed by atoms with Crippen LogP contribution in [-0.4, -0.2) is 25.3 Å². The second-order valence-electron chi connectivity index (χ2n) is 9.81. The molecule has 0 saturated carbocycles. The molecular weight excluding hydrogens is 415 g/mol. The van der Waals surface area contributed by atoms with Crippen molar-refractivity contribution in [2.24, 2.45) is 11.8 Å². The van der Waals surface area contributed by atoms with Gasteiger partial charge >= 0.3 is 0 Å². The normalized spacial score (nSPS) is 12.2. The van der Waals surface area contributed by atoms with E-state index in [1.807, 2.05) is 49.1 Å². The Labute approximate surface area is 198 Å². The van der Waals surface area contributed by atoms with Gasteiger partial charge in [0.25, 0.3) is 0 Å². The molecule has 4 nitrogen and oxygen atoms in total. The van der Waals surface area contributed by atoms with Gasteiger partial charge < -0.3 is 15.0 Å². The summed E-state index contributed by atoms with van der Waals surface area (Å²) in [5.74, 6) is 0.0372. The smallest absolute Gasteiger partial charge is 0.228 e. The van der Waals surface area contributed by atoms with E-state index in [1.165, 1.54) is 6.07 Å². The number of hydrogen-bond acceptors (Lipinski definition) is 3. The topological polar surface area (TPSA) is 49.4 Å². The lowest BCUT2D eigenvalue weighted by molar-refractivity contribution is -0.115. The lowest BCUT2D eigenvalue weighted by Crippen LogP contribution is -2.33. The number of nitrogens with one attached hydrogen (secondary N) is 1. The number of carbonyl (C=O) groups is 2. The molecule has 0 spiro atoms. The maximum Gasteiger partial charge on any atom is 0.228 e. The fraction of sp³-hybridized carbons (Fsp3) is 0.500. The first-order valence-corrected chi connectivity index (χ1v) is 12.0. The van der Waals surface area contributed by atoms with Gasteiger partial charge in [0.2, 0.25) is 5.91 Å². The Bertz CT molecular complexity index is 912. The van der Waals surface area contributed by atoms with E-state index >= 15 is 4.39 Å². The number of aryl methyl sites for hydroxylation is 1. The summed E-state index contributed by atoms with van der Waals surface area (Å²) >= 11 is 0. The molecule has 5 heteroatoms. The first kappa shape index (κ1) is 26.6. The number of benzene rings is 2. The molecule has 2 aromatic rings. The van der Waals surface area contributed by atoms with Crippen LogP contribution < -0.4 is 10.2 Å². The largest absolute Gasteiger partial charge is 0.367 e. The van der Waals surface area contributed by atoms with Crippen molar-refractivity contribution in [3.05, 3.63) is 58.9 Å². The van der Waals surface area contributed by atoms with E-state index in [2.05, 4.69) is 33.0 Å². The highest BCUT2D eigenvalue weighted by molar-refractivity contribution is 5.96. The van der Waals surface area contributed by atoms with E-state index in [9.17, 15) is 9.59 Å². The Morgan fingerprint density at radius 2 is 1.67 bits per heavy atom. The van der Waals surface area contributed by atoms with Crippen LogP contribution in [-0.2, 0) is 16.0 Å². The SMILES string of the molecule is CCC(CC=O)c1cc(F)c(N(CC(C)C)CC(C)C)c(NC(=O)Cc2ccc(C)cc2)c1. The first-order chi connectivity index (χ1) is 15.6. The minimum atomic E-state index is -0.358. The summed E-state index contributed by atoms with van der Waals surface area (Å²) in [5, 5.41) is 2.99. The monoisotopic (exact) mass is 454 g/mol. The fourth-order valence-electron chi connectivity index (χ4n) is 4.15.